The van der Waals surface area contributed by atoms with Crippen molar-refractivity contribution in [3.8, 4) is 22.8 Å². The molecule has 0 saturated carbocycles. The number of hydrogen-bond donors (Lipinski definition) is 0. The highest BCUT2D eigenvalue weighted by molar-refractivity contribution is 7.07. The van der Waals surface area contributed by atoms with Crippen LogP contribution in [0.4, 0.5) is 0 Å². The van der Waals surface area contributed by atoms with E-state index in [9.17, 15) is 9.59 Å². The number of fused-ring (bicyclic) bond motifs is 1. The van der Waals surface area contributed by atoms with Gasteiger partial charge in [0, 0.05) is 22.2 Å². The summed E-state index contributed by atoms with van der Waals surface area (Å²) in [6, 6.07) is 12.9. The van der Waals surface area contributed by atoms with E-state index in [1.807, 2.05) is 0 Å². The number of benzene rings is 2. The number of esters is 1. The Balaban J connectivity index is 1.69. The van der Waals surface area contributed by atoms with E-state index in [1.54, 1.807) is 75.6 Å². The summed E-state index contributed by atoms with van der Waals surface area (Å²) in [5.74, 6) is 1.39. The lowest BCUT2D eigenvalue weighted by Crippen LogP contribution is -2.40. The molecule has 0 saturated heterocycles. The van der Waals surface area contributed by atoms with Crippen LogP contribution in [-0.2, 0) is 9.53 Å². The topological polar surface area (TPSA) is 92.3 Å². The minimum absolute atomic E-state index is 0.166. The van der Waals surface area contributed by atoms with Crippen LogP contribution in [0.2, 0.25) is 10.0 Å². The molecule has 3 heterocycles. The molecule has 1 aliphatic rings. The number of carbonyl (C=O) groups excluding carboxylic acids is 1. The Morgan fingerprint density at radius 3 is 2.65 bits per heavy atom. The maximum atomic E-state index is 13.9. The molecule has 0 spiro atoms. The fourth-order valence-corrected chi connectivity index (χ4v) is 5.94. The molecule has 1 aliphatic heterocycles. The van der Waals surface area contributed by atoms with E-state index in [-0.39, 0.29) is 17.7 Å². The third kappa shape index (κ3) is 5.08. The van der Waals surface area contributed by atoms with Crippen molar-refractivity contribution in [1.82, 2.24) is 4.57 Å². The van der Waals surface area contributed by atoms with Gasteiger partial charge in [-0.05, 0) is 62.4 Å². The van der Waals surface area contributed by atoms with Gasteiger partial charge >= 0.3 is 5.97 Å². The van der Waals surface area contributed by atoms with Crippen molar-refractivity contribution >= 4 is 46.6 Å². The van der Waals surface area contributed by atoms with Crippen molar-refractivity contribution in [2.75, 3.05) is 20.8 Å². The van der Waals surface area contributed by atoms with E-state index in [0.717, 1.165) is 0 Å². The number of nitrogens with zero attached hydrogens (tertiary/aromatic N) is 2. The lowest BCUT2D eigenvalue weighted by atomic mass is 9.95. The molecule has 5 rings (SSSR count). The smallest absolute Gasteiger partial charge is 0.338 e. The third-order valence-corrected chi connectivity index (χ3v) is 7.89. The zero-order valence-corrected chi connectivity index (χ0v) is 24.3. The minimum atomic E-state index is -0.861. The number of rotatable bonds is 7. The summed E-state index contributed by atoms with van der Waals surface area (Å²) in [4.78, 5) is 32.1. The summed E-state index contributed by atoms with van der Waals surface area (Å²) in [6.45, 7) is 3.61. The summed E-state index contributed by atoms with van der Waals surface area (Å²) in [5, 5.41) is 1.00. The first-order valence-electron chi connectivity index (χ1n) is 12.2. The van der Waals surface area contributed by atoms with Gasteiger partial charge in [-0.25, -0.2) is 9.79 Å². The normalized spacial score (nSPS) is 15.1. The van der Waals surface area contributed by atoms with Crippen LogP contribution in [0.25, 0.3) is 17.4 Å². The molecule has 0 bridgehead atoms. The Bertz CT molecular complexity index is 1840. The number of hydrogen-bond acceptors (Lipinski definition) is 8. The van der Waals surface area contributed by atoms with E-state index in [1.165, 1.54) is 23.0 Å². The van der Waals surface area contributed by atoms with Crippen LogP contribution < -0.4 is 24.4 Å². The first-order valence-corrected chi connectivity index (χ1v) is 13.8. The Morgan fingerprint density at radius 2 is 1.93 bits per heavy atom. The average Bonchev–Trinajstić information content (AvgIpc) is 3.53. The molecule has 8 nitrogen and oxygen atoms in total. The van der Waals surface area contributed by atoms with Crippen molar-refractivity contribution in [3.63, 3.8) is 0 Å². The first kappa shape index (κ1) is 27.8. The standard InChI is InChI=1S/C29H24Cl2N2O6S/c1-5-38-28(35)25-15(2)32-29-33(26(25)20-13-17(36-3)7-10-22(20)37-4)27(34)24(40-29)14-18-8-11-23(39-18)19-12-16(30)6-9-21(19)31/h6-14,26H,5H2,1-4H3/b24-14+/t26-/m1/s1. The molecule has 0 radical (unpaired) electrons. The van der Waals surface area contributed by atoms with Crippen LogP contribution in [0.1, 0.15) is 31.2 Å². The molecule has 0 N–H and O–H groups in total. The number of thiazole rings is 1. The van der Waals surface area contributed by atoms with Crippen LogP contribution >= 0.6 is 34.5 Å². The van der Waals surface area contributed by atoms with Crippen molar-refractivity contribution in [3.05, 3.63) is 101 Å². The highest BCUT2D eigenvalue weighted by Crippen LogP contribution is 2.38. The molecule has 2 aromatic carbocycles. The zero-order chi connectivity index (χ0) is 28.6. The summed E-state index contributed by atoms with van der Waals surface area (Å²) in [5.41, 5.74) is 1.52. The molecule has 0 aliphatic carbocycles. The van der Waals surface area contributed by atoms with Gasteiger partial charge in [-0.1, -0.05) is 34.5 Å². The third-order valence-electron chi connectivity index (χ3n) is 6.34. The van der Waals surface area contributed by atoms with Crippen LogP contribution in [0, 0.1) is 0 Å². The Labute approximate surface area is 243 Å². The summed E-state index contributed by atoms with van der Waals surface area (Å²) >= 11 is 13.7. The number of methoxy groups -OCH3 is 2. The van der Waals surface area contributed by atoms with Crippen molar-refractivity contribution in [2.45, 2.75) is 19.9 Å². The second kappa shape index (κ2) is 11.4. The van der Waals surface area contributed by atoms with E-state index < -0.39 is 12.0 Å². The minimum Gasteiger partial charge on any atom is -0.497 e. The number of halogens is 2. The predicted octanol–water partition coefficient (Wildman–Crippen LogP) is 5.38. The zero-order valence-electron chi connectivity index (χ0n) is 22.0. The Kier molecular flexibility index (Phi) is 7.89. The van der Waals surface area contributed by atoms with Gasteiger partial charge in [-0.3, -0.25) is 9.36 Å². The van der Waals surface area contributed by atoms with Gasteiger partial charge in [-0.15, -0.1) is 0 Å². The lowest BCUT2D eigenvalue weighted by molar-refractivity contribution is -0.139. The molecular weight excluding hydrogens is 575 g/mol. The first-order chi connectivity index (χ1) is 19.2. The molecular formula is C29H24Cl2N2O6S. The van der Waals surface area contributed by atoms with Gasteiger partial charge in [0.1, 0.15) is 29.1 Å². The summed E-state index contributed by atoms with van der Waals surface area (Å²) in [6.07, 6.45) is 1.63. The van der Waals surface area contributed by atoms with E-state index in [4.69, 9.17) is 41.8 Å². The lowest BCUT2D eigenvalue weighted by Gasteiger charge is -2.26. The molecule has 0 amide bonds. The molecule has 0 fully saturated rings. The summed E-state index contributed by atoms with van der Waals surface area (Å²) < 4.78 is 24.3. The molecule has 4 aromatic rings. The van der Waals surface area contributed by atoms with Gasteiger partial charge in [0.15, 0.2) is 4.80 Å². The average molecular weight is 599 g/mol. The Hall–Kier alpha value is -3.79. The van der Waals surface area contributed by atoms with Gasteiger partial charge in [-0.2, -0.15) is 0 Å². The number of carbonyl (C=O) groups is 1. The molecule has 0 unspecified atom stereocenters. The van der Waals surface area contributed by atoms with E-state index in [0.29, 0.717) is 59.2 Å². The van der Waals surface area contributed by atoms with E-state index in [2.05, 4.69) is 4.99 Å². The maximum absolute atomic E-state index is 13.9. The number of allylic oxidation sites excluding steroid dienone is 1. The van der Waals surface area contributed by atoms with Crippen molar-refractivity contribution in [1.29, 1.82) is 0 Å². The van der Waals surface area contributed by atoms with Gasteiger partial charge in [0.2, 0.25) is 0 Å². The van der Waals surface area contributed by atoms with Gasteiger partial charge in [0.05, 0.1) is 41.7 Å². The summed E-state index contributed by atoms with van der Waals surface area (Å²) in [7, 11) is 3.06. The van der Waals surface area contributed by atoms with Gasteiger partial charge in [0.25, 0.3) is 5.56 Å². The van der Waals surface area contributed by atoms with Crippen LogP contribution in [-0.4, -0.2) is 31.4 Å². The monoisotopic (exact) mass is 598 g/mol. The number of furan rings is 1. The number of ether oxygens (including phenoxy) is 3. The van der Waals surface area contributed by atoms with Crippen molar-refractivity contribution < 1.29 is 23.4 Å². The molecule has 2 aromatic heterocycles. The fourth-order valence-electron chi connectivity index (χ4n) is 4.53. The van der Waals surface area contributed by atoms with Crippen LogP contribution in [0.15, 0.2) is 74.0 Å². The quantitative estimate of drug-likeness (QED) is 0.265. The van der Waals surface area contributed by atoms with Crippen molar-refractivity contribution in [2.24, 2.45) is 4.99 Å². The highest BCUT2D eigenvalue weighted by atomic mass is 35.5. The van der Waals surface area contributed by atoms with Crippen LogP contribution in [0.5, 0.6) is 11.5 Å². The maximum Gasteiger partial charge on any atom is 0.338 e. The highest BCUT2D eigenvalue weighted by Gasteiger charge is 2.35. The number of aromatic nitrogens is 1. The fraction of sp³-hybridized carbons (Fsp3) is 0.207. The molecule has 11 heteroatoms. The van der Waals surface area contributed by atoms with Crippen LogP contribution in [0.3, 0.4) is 0 Å². The Morgan fingerprint density at radius 1 is 1.12 bits per heavy atom. The second-order valence-electron chi connectivity index (χ2n) is 8.74. The van der Waals surface area contributed by atoms with E-state index >= 15 is 0 Å². The predicted molar refractivity (Wildman–Crippen MR) is 154 cm³/mol. The SMILES string of the molecule is CCOC(=O)C1=C(C)N=c2s/c(=C/c3ccc(-c4cc(Cl)ccc4Cl)o3)c(=O)n2[C@@H]1c1cc(OC)ccc1OC. The second-order valence-corrected chi connectivity index (χ2v) is 10.6. The molecule has 40 heavy (non-hydrogen) atoms. The molecule has 206 valence electrons. The largest absolute Gasteiger partial charge is 0.497 e. The van der Waals surface area contributed by atoms with Gasteiger partial charge < -0.3 is 18.6 Å². The molecule has 1 atom stereocenters.